The van der Waals surface area contributed by atoms with E-state index in [0.717, 1.165) is 18.4 Å². The fourth-order valence-corrected chi connectivity index (χ4v) is 3.47. The molecule has 0 bridgehead atoms. The third-order valence-corrected chi connectivity index (χ3v) is 4.88. The maximum atomic E-state index is 3.52. The molecular formula is C17H26N2. The Kier molecular flexibility index (Phi) is 4.07. The number of hydrogen-bond donors (Lipinski definition) is 1. The zero-order valence-electron chi connectivity index (χ0n) is 12.1. The molecule has 1 saturated heterocycles. The average molecular weight is 258 g/mol. The predicted octanol–water partition coefficient (Wildman–Crippen LogP) is 3.71. The lowest BCUT2D eigenvalue weighted by Gasteiger charge is -2.33. The van der Waals surface area contributed by atoms with Crippen molar-refractivity contribution in [1.82, 2.24) is 4.90 Å². The van der Waals surface area contributed by atoms with Gasteiger partial charge in [-0.25, -0.2) is 0 Å². The van der Waals surface area contributed by atoms with Gasteiger partial charge in [0.2, 0.25) is 0 Å². The van der Waals surface area contributed by atoms with E-state index in [2.05, 4.69) is 41.4 Å². The summed E-state index contributed by atoms with van der Waals surface area (Å²) >= 11 is 0. The van der Waals surface area contributed by atoms with Crippen molar-refractivity contribution < 1.29 is 0 Å². The molecule has 0 radical (unpaired) electrons. The minimum absolute atomic E-state index is 0.761. The van der Waals surface area contributed by atoms with E-state index in [9.17, 15) is 0 Å². The highest BCUT2D eigenvalue weighted by Gasteiger charge is 2.21. The normalized spacial score (nSPS) is 24.8. The summed E-state index contributed by atoms with van der Waals surface area (Å²) in [7, 11) is 0. The van der Waals surface area contributed by atoms with Crippen LogP contribution in [-0.4, -0.2) is 31.1 Å². The minimum Gasteiger partial charge on any atom is -0.385 e. The molecule has 0 saturated carbocycles. The lowest BCUT2D eigenvalue weighted by molar-refractivity contribution is 0.186. The second-order valence-corrected chi connectivity index (χ2v) is 6.31. The van der Waals surface area contributed by atoms with Gasteiger partial charge in [0, 0.05) is 12.2 Å². The summed E-state index contributed by atoms with van der Waals surface area (Å²) < 4.78 is 0. The van der Waals surface area contributed by atoms with Crippen molar-refractivity contribution in [2.24, 2.45) is 5.92 Å². The van der Waals surface area contributed by atoms with Crippen molar-refractivity contribution in [3.63, 3.8) is 0 Å². The Labute approximate surface area is 117 Å². The van der Waals surface area contributed by atoms with Crippen molar-refractivity contribution in [1.29, 1.82) is 0 Å². The number of benzene rings is 1. The summed E-state index contributed by atoms with van der Waals surface area (Å²) in [6, 6.07) is 8.86. The number of rotatable bonds is 3. The molecule has 2 aliphatic rings. The number of likely N-dealkylation sites (tertiary alicyclic amines) is 1. The Bertz CT molecular complexity index is 407. The van der Waals surface area contributed by atoms with Crippen LogP contribution < -0.4 is 5.32 Å². The summed E-state index contributed by atoms with van der Waals surface area (Å²) in [5.74, 6) is 1.70. The van der Waals surface area contributed by atoms with Crippen LogP contribution in [0, 0.1) is 5.92 Å². The number of para-hydroxylation sites is 1. The molecule has 3 rings (SSSR count). The van der Waals surface area contributed by atoms with Gasteiger partial charge in [-0.15, -0.1) is 0 Å². The highest BCUT2D eigenvalue weighted by molar-refractivity contribution is 5.54. The Morgan fingerprint density at radius 3 is 2.79 bits per heavy atom. The summed E-state index contributed by atoms with van der Waals surface area (Å²) in [6.45, 7) is 7.44. The van der Waals surface area contributed by atoms with Crippen molar-refractivity contribution >= 4 is 5.69 Å². The third kappa shape index (κ3) is 3.11. The number of fused-ring (bicyclic) bond motifs is 1. The first kappa shape index (κ1) is 13.0. The fraction of sp³-hybridized carbons (Fsp3) is 0.647. The van der Waals surface area contributed by atoms with Crippen LogP contribution in [0.1, 0.15) is 44.1 Å². The first-order valence-electron chi connectivity index (χ1n) is 7.88. The smallest absolute Gasteiger partial charge is 0.0375 e. The molecule has 2 nitrogen and oxygen atoms in total. The zero-order valence-corrected chi connectivity index (χ0v) is 12.1. The van der Waals surface area contributed by atoms with Crippen LogP contribution in [0.5, 0.6) is 0 Å². The maximum absolute atomic E-state index is 3.52. The lowest BCUT2D eigenvalue weighted by atomic mass is 9.88. The molecule has 0 amide bonds. The van der Waals surface area contributed by atoms with E-state index in [4.69, 9.17) is 0 Å². The molecule has 1 N–H and O–H groups in total. The molecule has 2 heteroatoms. The molecule has 1 unspecified atom stereocenters. The first-order valence-corrected chi connectivity index (χ1v) is 7.88. The van der Waals surface area contributed by atoms with E-state index < -0.39 is 0 Å². The minimum atomic E-state index is 0.761. The van der Waals surface area contributed by atoms with Gasteiger partial charge in [-0.05, 0) is 68.8 Å². The quantitative estimate of drug-likeness (QED) is 0.889. The highest BCUT2D eigenvalue weighted by atomic mass is 15.1. The fourth-order valence-electron chi connectivity index (χ4n) is 3.47. The van der Waals surface area contributed by atoms with Crippen molar-refractivity contribution in [3.05, 3.63) is 29.8 Å². The monoisotopic (exact) mass is 258 g/mol. The maximum Gasteiger partial charge on any atom is 0.0375 e. The van der Waals surface area contributed by atoms with Crippen LogP contribution in [-0.2, 0) is 0 Å². The van der Waals surface area contributed by atoms with E-state index in [-0.39, 0.29) is 0 Å². The van der Waals surface area contributed by atoms with Crippen molar-refractivity contribution in [3.8, 4) is 0 Å². The molecule has 1 aromatic rings. The average Bonchev–Trinajstić information content (AvgIpc) is 2.47. The van der Waals surface area contributed by atoms with Crippen LogP contribution in [0.15, 0.2) is 24.3 Å². The van der Waals surface area contributed by atoms with Gasteiger partial charge in [0.1, 0.15) is 0 Å². The van der Waals surface area contributed by atoms with Gasteiger partial charge in [-0.3, -0.25) is 0 Å². The van der Waals surface area contributed by atoms with Gasteiger partial charge < -0.3 is 10.2 Å². The molecule has 1 fully saturated rings. The van der Waals surface area contributed by atoms with Crippen LogP contribution in [0.3, 0.4) is 0 Å². The summed E-state index contributed by atoms with van der Waals surface area (Å²) in [4.78, 5) is 2.67. The first-order chi connectivity index (χ1) is 9.33. The third-order valence-electron chi connectivity index (χ3n) is 4.88. The van der Waals surface area contributed by atoms with E-state index in [1.54, 1.807) is 5.56 Å². The summed E-state index contributed by atoms with van der Waals surface area (Å²) in [6.07, 6.45) is 5.40. The van der Waals surface area contributed by atoms with Crippen molar-refractivity contribution in [2.75, 3.05) is 31.5 Å². The standard InChI is InChI=1S/C17H26N2/c1-14-7-11-19(12-8-14)13-9-15-6-10-18-17-5-3-2-4-16(15)17/h2-5,14-15,18H,6-13H2,1H3. The van der Waals surface area contributed by atoms with Crippen LogP contribution >= 0.6 is 0 Å². The predicted molar refractivity (Wildman–Crippen MR) is 81.7 cm³/mol. The molecular weight excluding hydrogens is 232 g/mol. The number of hydrogen-bond acceptors (Lipinski definition) is 2. The van der Waals surface area contributed by atoms with Crippen LogP contribution in [0.2, 0.25) is 0 Å². The van der Waals surface area contributed by atoms with Gasteiger partial charge in [0.05, 0.1) is 0 Å². The molecule has 19 heavy (non-hydrogen) atoms. The zero-order chi connectivity index (χ0) is 13.1. The largest absolute Gasteiger partial charge is 0.385 e. The highest BCUT2D eigenvalue weighted by Crippen LogP contribution is 2.33. The summed E-state index contributed by atoms with van der Waals surface area (Å²) in [5.41, 5.74) is 2.91. The van der Waals surface area contributed by atoms with Gasteiger partial charge in [0.15, 0.2) is 0 Å². The van der Waals surface area contributed by atoms with Gasteiger partial charge in [0.25, 0.3) is 0 Å². The molecule has 1 aromatic carbocycles. The molecule has 0 aliphatic carbocycles. The van der Waals surface area contributed by atoms with E-state index in [1.165, 1.54) is 51.0 Å². The number of piperidine rings is 1. The number of nitrogens with zero attached hydrogens (tertiary/aromatic N) is 1. The Morgan fingerprint density at radius 1 is 1.16 bits per heavy atom. The Balaban J connectivity index is 1.56. The molecule has 104 valence electrons. The second kappa shape index (κ2) is 5.96. The van der Waals surface area contributed by atoms with Crippen LogP contribution in [0.4, 0.5) is 5.69 Å². The number of nitrogens with one attached hydrogen (secondary N) is 1. The Hall–Kier alpha value is -1.02. The second-order valence-electron chi connectivity index (χ2n) is 6.31. The van der Waals surface area contributed by atoms with E-state index >= 15 is 0 Å². The molecule has 1 atom stereocenters. The molecule has 0 spiro atoms. The lowest BCUT2D eigenvalue weighted by Crippen LogP contribution is -2.34. The van der Waals surface area contributed by atoms with Crippen molar-refractivity contribution in [2.45, 2.75) is 38.5 Å². The van der Waals surface area contributed by atoms with Gasteiger partial charge >= 0.3 is 0 Å². The molecule has 2 aliphatic heterocycles. The number of anilines is 1. The summed E-state index contributed by atoms with van der Waals surface area (Å²) in [5, 5.41) is 3.52. The topological polar surface area (TPSA) is 15.3 Å². The van der Waals surface area contributed by atoms with Crippen LogP contribution in [0.25, 0.3) is 0 Å². The Morgan fingerprint density at radius 2 is 1.95 bits per heavy atom. The SMILES string of the molecule is CC1CCN(CCC2CCNc3ccccc32)CC1. The van der Waals surface area contributed by atoms with Gasteiger partial charge in [-0.1, -0.05) is 25.1 Å². The molecule has 2 heterocycles. The molecule has 0 aromatic heterocycles. The van der Waals surface area contributed by atoms with Gasteiger partial charge in [-0.2, -0.15) is 0 Å². The van der Waals surface area contributed by atoms with E-state index in [0.29, 0.717) is 0 Å². The van der Waals surface area contributed by atoms with E-state index in [1.807, 2.05) is 0 Å².